The molecule has 0 fully saturated rings. The minimum Gasteiger partial charge on any atom is -0.396 e. The highest BCUT2D eigenvalue weighted by Gasteiger charge is 2.14. The van der Waals surface area contributed by atoms with Crippen molar-refractivity contribution >= 4 is 10.1 Å². The second-order valence-corrected chi connectivity index (χ2v) is 4.45. The Labute approximate surface area is 82.9 Å². The monoisotopic (exact) mass is 216 g/mol. The van der Waals surface area contributed by atoms with Crippen molar-refractivity contribution in [2.45, 2.75) is 18.2 Å². The van der Waals surface area contributed by atoms with E-state index in [0.29, 0.717) is 5.56 Å². The molecule has 78 valence electrons. The van der Waals surface area contributed by atoms with Crippen LogP contribution in [0.1, 0.15) is 11.1 Å². The lowest BCUT2D eigenvalue weighted by Crippen LogP contribution is -2.05. The fraction of sp³-hybridized carbons (Fsp3) is 0.333. The Morgan fingerprint density at radius 3 is 2.50 bits per heavy atom. The van der Waals surface area contributed by atoms with Gasteiger partial charge in [-0.25, -0.2) is 0 Å². The van der Waals surface area contributed by atoms with E-state index in [0.717, 1.165) is 5.56 Å². The summed E-state index contributed by atoms with van der Waals surface area (Å²) in [6.07, 6.45) is 0.219. The second-order valence-electron chi connectivity index (χ2n) is 3.06. The second kappa shape index (κ2) is 4.08. The van der Waals surface area contributed by atoms with Crippen LogP contribution in [0.2, 0.25) is 0 Å². The van der Waals surface area contributed by atoms with Crippen LogP contribution in [-0.2, 0) is 16.5 Å². The number of aliphatic hydroxyl groups is 1. The Balaban J connectivity index is 3.29. The van der Waals surface area contributed by atoms with Crippen LogP contribution < -0.4 is 0 Å². The molecule has 0 radical (unpaired) electrons. The summed E-state index contributed by atoms with van der Waals surface area (Å²) in [5.41, 5.74) is 1.33. The number of hydrogen-bond donors (Lipinski definition) is 2. The third kappa shape index (κ3) is 2.54. The molecule has 14 heavy (non-hydrogen) atoms. The fourth-order valence-electron chi connectivity index (χ4n) is 1.28. The van der Waals surface area contributed by atoms with E-state index in [1.165, 1.54) is 6.07 Å². The Kier molecular flexibility index (Phi) is 3.25. The third-order valence-electron chi connectivity index (χ3n) is 1.88. The Bertz CT molecular complexity index is 422. The van der Waals surface area contributed by atoms with Crippen molar-refractivity contribution < 1.29 is 18.1 Å². The van der Waals surface area contributed by atoms with Gasteiger partial charge < -0.3 is 5.11 Å². The van der Waals surface area contributed by atoms with Gasteiger partial charge in [0.2, 0.25) is 0 Å². The summed E-state index contributed by atoms with van der Waals surface area (Å²) in [4.78, 5) is -0.128. The van der Waals surface area contributed by atoms with Crippen molar-refractivity contribution in [2.75, 3.05) is 6.61 Å². The molecule has 0 saturated carbocycles. The molecule has 0 spiro atoms. The minimum absolute atomic E-state index is 0.128. The highest BCUT2D eigenvalue weighted by Crippen LogP contribution is 2.17. The Morgan fingerprint density at radius 1 is 1.36 bits per heavy atom. The molecular formula is C9H12O4S. The molecule has 0 bridgehead atoms. The Morgan fingerprint density at radius 2 is 2.00 bits per heavy atom. The molecule has 0 aliphatic carbocycles. The van der Waals surface area contributed by atoms with E-state index in [4.69, 9.17) is 9.66 Å². The van der Waals surface area contributed by atoms with E-state index in [1.807, 2.05) is 6.92 Å². The quantitative estimate of drug-likeness (QED) is 0.732. The van der Waals surface area contributed by atoms with E-state index in [2.05, 4.69) is 0 Å². The van der Waals surface area contributed by atoms with Crippen molar-refractivity contribution in [1.29, 1.82) is 0 Å². The van der Waals surface area contributed by atoms with Crippen LogP contribution in [0.5, 0.6) is 0 Å². The highest BCUT2D eigenvalue weighted by molar-refractivity contribution is 7.85. The molecule has 0 aliphatic heterocycles. The van der Waals surface area contributed by atoms with E-state index < -0.39 is 10.1 Å². The number of rotatable bonds is 3. The summed E-state index contributed by atoms with van der Waals surface area (Å²) in [5.74, 6) is 0. The molecular weight excluding hydrogens is 204 g/mol. The summed E-state index contributed by atoms with van der Waals surface area (Å²) in [7, 11) is -4.18. The van der Waals surface area contributed by atoms with Crippen LogP contribution in [0.3, 0.4) is 0 Å². The first-order valence-corrected chi connectivity index (χ1v) is 5.57. The first kappa shape index (κ1) is 11.2. The normalized spacial score (nSPS) is 11.6. The largest absolute Gasteiger partial charge is 0.396 e. The molecule has 0 amide bonds. The van der Waals surface area contributed by atoms with Crippen molar-refractivity contribution in [3.05, 3.63) is 29.3 Å². The van der Waals surface area contributed by atoms with E-state index in [-0.39, 0.29) is 17.9 Å². The molecule has 1 aromatic carbocycles. The van der Waals surface area contributed by atoms with Gasteiger partial charge in [0.1, 0.15) is 0 Å². The van der Waals surface area contributed by atoms with Gasteiger partial charge in [-0.1, -0.05) is 17.7 Å². The van der Waals surface area contributed by atoms with Gasteiger partial charge in [-0.2, -0.15) is 8.42 Å². The van der Waals surface area contributed by atoms with Crippen molar-refractivity contribution in [3.8, 4) is 0 Å². The molecule has 1 aromatic rings. The zero-order chi connectivity index (χ0) is 10.8. The van der Waals surface area contributed by atoms with Crippen LogP contribution in [0.25, 0.3) is 0 Å². The van der Waals surface area contributed by atoms with Gasteiger partial charge in [0.25, 0.3) is 10.1 Å². The van der Waals surface area contributed by atoms with Crippen molar-refractivity contribution in [2.24, 2.45) is 0 Å². The predicted octanol–water partition coefficient (Wildman–Crippen LogP) is 0.777. The lowest BCUT2D eigenvalue weighted by molar-refractivity contribution is 0.298. The van der Waals surface area contributed by atoms with E-state index >= 15 is 0 Å². The van der Waals surface area contributed by atoms with Crippen LogP contribution in [0.4, 0.5) is 0 Å². The van der Waals surface area contributed by atoms with Gasteiger partial charge >= 0.3 is 0 Å². The molecule has 1 rings (SSSR count). The summed E-state index contributed by atoms with van der Waals surface area (Å²) in [6, 6.07) is 4.58. The first-order valence-electron chi connectivity index (χ1n) is 4.13. The molecule has 2 N–H and O–H groups in total. The number of hydrogen-bond acceptors (Lipinski definition) is 3. The van der Waals surface area contributed by atoms with Gasteiger partial charge in [-0.05, 0) is 25.0 Å². The van der Waals surface area contributed by atoms with Gasteiger partial charge in [-0.15, -0.1) is 0 Å². The number of aliphatic hydroxyl groups excluding tert-OH is 1. The molecule has 0 unspecified atom stereocenters. The van der Waals surface area contributed by atoms with Crippen LogP contribution in [-0.4, -0.2) is 24.7 Å². The smallest absolute Gasteiger partial charge is 0.294 e. The standard InChI is InChI=1S/C9H12O4S/c1-7-2-3-9(14(11,12)13)8(6-7)4-5-10/h2-3,6,10H,4-5H2,1H3,(H,11,12,13). The van der Waals surface area contributed by atoms with Crippen LogP contribution in [0, 0.1) is 6.92 Å². The van der Waals surface area contributed by atoms with Crippen LogP contribution in [0.15, 0.2) is 23.1 Å². The maximum absolute atomic E-state index is 10.9. The summed E-state index contributed by atoms with van der Waals surface area (Å²) in [6.45, 7) is 1.67. The molecule has 4 nitrogen and oxygen atoms in total. The van der Waals surface area contributed by atoms with Gasteiger partial charge in [0.05, 0.1) is 4.90 Å². The average molecular weight is 216 g/mol. The van der Waals surface area contributed by atoms with Gasteiger partial charge in [0.15, 0.2) is 0 Å². The lowest BCUT2D eigenvalue weighted by atomic mass is 10.1. The zero-order valence-corrected chi connectivity index (χ0v) is 8.58. The SMILES string of the molecule is Cc1ccc(S(=O)(=O)O)c(CCO)c1. The molecule has 0 aromatic heterocycles. The van der Waals surface area contributed by atoms with Gasteiger partial charge in [-0.3, -0.25) is 4.55 Å². The molecule has 0 aliphatic rings. The average Bonchev–Trinajstić information content (AvgIpc) is 2.02. The first-order chi connectivity index (χ1) is 6.45. The summed E-state index contributed by atoms with van der Waals surface area (Å²) >= 11 is 0. The highest BCUT2D eigenvalue weighted by atomic mass is 32.2. The van der Waals surface area contributed by atoms with Crippen molar-refractivity contribution in [3.63, 3.8) is 0 Å². The third-order valence-corrected chi connectivity index (χ3v) is 2.83. The maximum atomic E-state index is 10.9. The number of aryl methyl sites for hydroxylation is 1. The molecule has 0 atom stereocenters. The molecule has 0 saturated heterocycles. The topological polar surface area (TPSA) is 74.6 Å². The summed E-state index contributed by atoms with van der Waals surface area (Å²) < 4.78 is 30.7. The molecule has 5 heteroatoms. The minimum atomic E-state index is -4.18. The molecule has 0 heterocycles. The van der Waals surface area contributed by atoms with E-state index in [1.54, 1.807) is 12.1 Å². The lowest BCUT2D eigenvalue weighted by Gasteiger charge is -2.06. The fourth-order valence-corrected chi connectivity index (χ4v) is 2.01. The van der Waals surface area contributed by atoms with Gasteiger partial charge in [0, 0.05) is 6.61 Å². The van der Waals surface area contributed by atoms with E-state index in [9.17, 15) is 8.42 Å². The zero-order valence-electron chi connectivity index (χ0n) is 7.77. The van der Waals surface area contributed by atoms with Crippen molar-refractivity contribution in [1.82, 2.24) is 0 Å². The van der Waals surface area contributed by atoms with Crippen LogP contribution >= 0.6 is 0 Å². The summed E-state index contributed by atoms with van der Waals surface area (Å²) in [5, 5.41) is 8.72. The Hall–Kier alpha value is -0.910. The number of benzene rings is 1. The maximum Gasteiger partial charge on any atom is 0.294 e. The predicted molar refractivity (Wildman–Crippen MR) is 51.8 cm³/mol.